The largest absolute Gasteiger partial charge is 0.478 e. The van der Waals surface area contributed by atoms with Gasteiger partial charge in [0.05, 0.1) is 22.6 Å². The first-order chi connectivity index (χ1) is 12.4. The maximum Gasteiger partial charge on any atom is 0.416 e. The Bertz CT molecular complexity index is 1080. The summed E-state index contributed by atoms with van der Waals surface area (Å²) in [6.07, 6.45) is -3.52. The van der Waals surface area contributed by atoms with Gasteiger partial charge in [-0.25, -0.2) is 8.42 Å². The Morgan fingerprint density at radius 3 is 2.37 bits per heavy atom. The lowest BCUT2D eigenvalue weighted by molar-refractivity contribution is -0.137. The molecule has 0 aliphatic carbocycles. The predicted octanol–water partition coefficient (Wildman–Crippen LogP) is 1.95. The molecule has 0 fully saturated rings. The van der Waals surface area contributed by atoms with Crippen molar-refractivity contribution >= 4 is 9.84 Å². The molecule has 7 nitrogen and oxygen atoms in total. The number of rotatable bonds is 5. The summed E-state index contributed by atoms with van der Waals surface area (Å²) in [5.41, 5.74) is -4.06. The average molecular weight is 406 g/mol. The second kappa shape index (κ2) is 7.22. The van der Waals surface area contributed by atoms with Crippen LogP contribution < -0.4 is 15.7 Å². The zero-order valence-corrected chi connectivity index (χ0v) is 15.5. The number of aromatic amines is 1. The van der Waals surface area contributed by atoms with Gasteiger partial charge in [-0.15, -0.1) is 0 Å². The molecule has 0 spiro atoms. The molecule has 0 radical (unpaired) electrons. The Hall–Kier alpha value is -2.56. The molecule has 11 heteroatoms. The van der Waals surface area contributed by atoms with Gasteiger partial charge in [-0.2, -0.15) is 13.2 Å². The minimum atomic E-state index is -4.78. The minimum Gasteiger partial charge on any atom is -0.478 e. The van der Waals surface area contributed by atoms with Crippen molar-refractivity contribution < 1.29 is 26.3 Å². The normalized spacial score (nSPS) is 12.2. The lowest BCUT2D eigenvalue weighted by Gasteiger charge is -2.15. The highest BCUT2D eigenvalue weighted by Crippen LogP contribution is 2.36. The molecule has 2 aromatic rings. The number of alkyl halides is 3. The SMILES string of the molecule is CCCOc1[nH]n(C)c(=O)c(=O)c1-c1ccc(C(F)(F)F)cc1S(C)(=O)=O. The van der Waals surface area contributed by atoms with E-state index in [1.165, 1.54) is 7.05 Å². The Labute approximate surface area is 152 Å². The fraction of sp³-hybridized carbons (Fsp3) is 0.375. The van der Waals surface area contributed by atoms with Crippen LogP contribution in [-0.2, 0) is 23.1 Å². The topological polar surface area (TPSA) is 98.2 Å². The van der Waals surface area contributed by atoms with E-state index in [0.717, 1.165) is 10.7 Å². The van der Waals surface area contributed by atoms with Gasteiger partial charge < -0.3 is 4.74 Å². The number of sulfone groups is 1. The van der Waals surface area contributed by atoms with E-state index in [-0.39, 0.29) is 18.1 Å². The molecule has 148 valence electrons. The van der Waals surface area contributed by atoms with E-state index in [1.54, 1.807) is 6.92 Å². The molecule has 27 heavy (non-hydrogen) atoms. The van der Waals surface area contributed by atoms with Crippen molar-refractivity contribution in [2.45, 2.75) is 24.4 Å². The lowest BCUT2D eigenvalue weighted by atomic mass is 10.0. The Morgan fingerprint density at radius 2 is 1.85 bits per heavy atom. The van der Waals surface area contributed by atoms with Crippen molar-refractivity contribution in [3.8, 4) is 17.0 Å². The summed E-state index contributed by atoms with van der Waals surface area (Å²) in [4.78, 5) is 23.8. The highest BCUT2D eigenvalue weighted by molar-refractivity contribution is 7.90. The zero-order valence-electron chi connectivity index (χ0n) is 14.7. The minimum absolute atomic E-state index is 0.135. The van der Waals surface area contributed by atoms with Gasteiger partial charge in [-0.3, -0.25) is 19.4 Å². The van der Waals surface area contributed by atoms with E-state index in [4.69, 9.17) is 4.74 Å². The van der Waals surface area contributed by atoms with E-state index in [1.807, 2.05) is 0 Å². The van der Waals surface area contributed by atoms with Gasteiger partial charge in [-0.05, 0) is 18.6 Å². The van der Waals surface area contributed by atoms with E-state index >= 15 is 0 Å². The number of aryl methyl sites for hydroxylation is 1. The van der Waals surface area contributed by atoms with Gasteiger partial charge in [0.15, 0.2) is 9.84 Å². The standard InChI is InChI=1S/C16H17F3N2O5S/c1-4-7-26-14-12(13(22)15(23)21(2)20-14)10-6-5-9(16(17,18)19)8-11(10)27(3,24)25/h5-6,8,20H,4,7H2,1-3H3. The van der Waals surface area contributed by atoms with Crippen LogP contribution in [0.3, 0.4) is 0 Å². The molecule has 1 heterocycles. The van der Waals surface area contributed by atoms with Crippen molar-refractivity contribution in [1.29, 1.82) is 0 Å². The van der Waals surface area contributed by atoms with Crippen LogP contribution in [0.2, 0.25) is 0 Å². The van der Waals surface area contributed by atoms with Gasteiger partial charge >= 0.3 is 11.7 Å². The van der Waals surface area contributed by atoms with Crippen molar-refractivity contribution in [2.24, 2.45) is 7.05 Å². The molecular formula is C16H17F3N2O5S. The monoisotopic (exact) mass is 406 g/mol. The van der Waals surface area contributed by atoms with Crippen LogP contribution in [0.5, 0.6) is 5.88 Å². The fourth-order valence-electron chi connectivity index (χ4n) is 2.39. The summed E-state index contributed by atoms with van der Waals surface area (Å²) in [5, 5.41) is 2.51. The number of aromatic nitrogens is 2. The van der Waals surface area contributed by atoms with Crippen LogP contribution in [0.4, 0.5) is 13.2 Å². The number of nitrogens with zero attached hydrogens (tertiary/aromatic N) is 1. The van der Waals surface area contributed by atoms with E-state index in [2.05, 4.69) is 5.10 Å². The molecule has 0 aliphatic rings. The van der Waals surface area contributed by atoms with Gasteiger partial charge in [0.1, 0.15) is 0 Å². The number of ether oxygens (including phenoxy) is 1. The Balaban J connectivity index is 2.91. The Morgan fingerprint density at radius 1 is 1.22 bits per heavy atom. The third-order valence-corrected chi connectivity index (χ3v) is 4.79. The fourth-order valence-corrected chi connectivity index (χ4v) is 3.30. The maximum atomic E-state index is 13.0. The van der Waals surface area contributed by atoms with Crippen molar-refractivity contribution in [3.63, 3.8) is 0 Å². The zero-order chi connectivity index (χ0) is 20.6. The van der Waals surface area contributed by atoms with Gasteiger partial charge in [0.25, 0.3) is 5.43 Å². The number of halogens is 3. The quantitative estimate of drug-likeness (QED) is 0.766. The van der Waals surface area contributed by atoms with Crippen LogP contribution in [-0.4, -0.2) is 31.1 Å². The van der Waals surface area contributed by atoms with Crippen molar-refractivity contribution in [2.75, 3.05) is 12.9 Å². The molecule has 0 unspecified atom stereocenters. The molecule has 0 saturated heterocycles. The summed E-state index contributed by atoms with van der Waals surface area (Å²) in [6.45, 7) is 1.91. The molecular weight excluding hydrogens is 389 g/mol. The molecule has 0 bridgehead atoms. The number of hydrogen-bond donors (Lipinski definition) is 1. The number of benzene rings is 1. The molecule has 0 saturated carbocycles. The molecule has 0 aliphatic heterocycles. The summed E-state index contributed by atoms with van der Waals surface area (Å²) < 4.78 is 69.4. The number of nitrogens with one attached hydrogen (secondary N) is 1. The average Bonchev–Trinajstić information content (AvgIpc) is 2.56. The molecule has 1 aromatic heterocycles. The highest BCUT2D eigenvalue weighted by Gasteiger charge is 2.33. The third-order valence-electron chi connectivity index (χ3n) is 3.65. The molecule has 2 rings (SSSR count). The first-order valence-corrected chi connectivity index (χ1v) is 9.64. The van der Waals surface area contributed by atoms with Crippen LogP contribution in [0.25, 0.3) is 11.1 Å². The second-order valence-corrected chi connectivity index (χ2v) is 7.82. The van der Waals surface area contributed by atoms with E-state index in [9.17, 15) is 31.2 Å². The molecule has 1 N–H and O–H groups in total. The van der Waals surface area contributed by atoms with Crippen LogP contribution in [0, 0.1) is 0 Å². The maximum absolute atomic E-state index is 13.0. The van der Waals surface area contributed by atoms with E-state index in [0.29, 0.717) is 24.8 Å². The molecule has 1 aromatic carbocycles. The summed E-state index contributed by atoms with van der Waals surface area (Å²) in [6, 6.07) is 1.93. The van der Waals surface area contributed by atoms with Crippen LogP contribution >= 0.6 is 0 Å². The smallest absolute Gasteiger partial charge is 0.416 e. The Kier molecular flexibility index (Phi) is 5.55. The number of H-pyrrole nitrogens is 1. The number of hydrogen-bond acceptors (Lipinski definition) is 5. The van der Waals surface area contributed by atoms with Crippen LogP contribution in [0.15, 0.2) is 32.7 Å². The predicted molar refractivity (Wildman–Crippen MR) is 91.6 cm³/mol. The lowest BCUT2D eigenvalue weighted by Crippen LogP contribution is -2.36. The van der Waals surface area contributed by atoms with Gasteiger partial charge in [-0.1, -0.05) is 13.0 Å². The van der Waals surface area contributed by atoms with Gasteiger partial charge in [0.2, 0.25) is 5.88 Å². The van der Waals surface area contributed by atoms with Gasteiger partial charge in [0, 0.05) is 18.9 Å². The molecule has 0 atom stereocenters. The summed E-state index contributed by atoms with van der Waals surface area (Å²) in [7, 11) is -2.90. The second-order valence-electron chi connectivity index (χ2n) is 5.84. The highest BCUT2D eigenvalue weighted by atomic mass is 32.2. The first kappa shape index (κ1) is 20.7. The van der Waals surface area contributed by atoms with Crippen molar-refractivity contribution in [1.82, 2.24) is 9.78 Å². The van der Waals surface area contributed by atoms with Crippen LogP contribution in [0.1, 0.15) is 18.9 Å². The van der Waals surface area contributed by atoms with E-state index < -0.39 is 43.0 Å². The summed E-state index contributed by atoms with van der Waals surface area (Å²) in [5.74, 6) is -0.200. The first-order valence-electron chi connectivity index (χ1n) is 7.75. The molecule has 0 amide bonds. The summed E-state index contributed by atoms with van der Waals surface area (Å²) >= 11 is 0. The third kappa shape index (κ3) is 4.24. The van der Waals surface area contributed by atoms with Crippen molar-refractivity contribution in [3.05, 3.63) is 44.3 Å².